The van der Waals surface area contributed by atoms with Crippen molar-refractivity contribution in [1.82, 2.24) is 10.6 Å². The Hall–Kier alpha value is -0.0800. The summed E-state index contributed by atoms with van der Waals surface area (Å²) >= 11 is 0. The minimum Gasteiger partial charge on any atom is -0.310 e. The van der Waals surface area contributed by atoms with Gasteiger partial charge in [-0.15, -0.1) is 0 Å². The van der Waals surface area contributed by atoms with Crippen LogP contribution in [0.15, 0.2) is 0 Å². The highest BCUT2D eigenvalue weighted by molar-refractivity contribution is 4.93. The van der Waals surface area contributed by atoms with Gasteiger partial charge >= 0.3 is 0 Å². The molecule has 2 aliphatic carbocycles. The van der Waals surface area contributed by atoms with E-state index in [0.29, 0.717) is 6.04 Å². The molecule has 0 unspecified atom stereocenters. The molecule has 0 bridgehead atoms. The molecule has 0 aromatic carbocycles. The summed E-state index contributed by atoms with van der Waals surface area (Å²) in [6.07, 6.45) is 9.76. The standard InChI is InChI=1S/C14H28N2/c1-14(2,3)16-13-10-5-4-9-12(13)15-11-7-6-8-11/h11-13,15-16H,4-10H2,1-3H3/t12-,13-/m0/s1. The van der Waals surface area contributed by atoms with E-state index in [1.54, 1.807) is 0 Å². The van der Waals surface area contributed by atoms with Gasteiger partial charge in [-0.25, -0.2) is 0 Å². The van der Waals surface area contributed by atoms with Crippen LogP contribution in [0.1, 0.15) is 65.7 Å². The second-order valence-electron chi connectivity index (χ2n) is 6.69. The molecule has 2 aliphatic rings. The first-order chi connectivity index (χ1) is 7.54. The molecule has 0 saturated heterocycles. The molecule has 0 spiro atoms. The van der Waals surface area contributed by atoms with Crippen LogP contribution in [0.2, 0.25) is 0 Å². The van der Waals surface area contributed by atoms with Gasteiger partial charge in [-0.05, 0) is 46.5 Å². The zero-order valence-corrected chi connectivity index (χ0v) is 11.2. The van der Waals surface area contributed by atoms with Crippen molar-refractivity contribution in [3.63, 3.8) is 0 Å². The molecule has 0 aromatic heterocycles. The topological polar surface area (TPSA) is 24.1 Å². The van der Waals surface area contributed by atoms with Crippen molar-refractivity contribution in [3.05, 3.63) is 0 Å². The molecule has 2 saturated carbocycles. The SMILES string of the molecule is CC(C)(C)N[C@H]1CCCC[C@@H]1NC1CCC1. The lowest BCUT2D eigenvalue weighted by atomic mass is 9.85. The zero-order chi connectivity index (χ0) is 11.6. The van der Waals surface area contributed by atoms with Gasteiger partial charge < -0.3 is 10.6 Å². The minimum absolute atomic E-state index is 0.252. The van der Waals surface area contributed by atoms with Crippen LogP contribution in [0, 0.1) is 0 Å². The second-order valence-corrected chi connectivity index (χ2v) is 6.69. The van der Waals surface area contributed by atoms with E-state index in [1.807, 2.05) is 0 Å². The first kappa shape index (κ1) is 12.4. The fourth-order valence-corrected chi connectivity index (χ4v) is 2.94. The van der Waals surface area contributed by atoms with Gasteiger partial charge in [0.25, 0.3) is 0 Å². The zero-order valence-electron chi connectivity index (χ0n) is 11.2. The van der Waals surface area contributed by atoms with Crippen molar-refractivity contribution in [2.75, 3.05) is 0 Å². The summed E-state index contributed by atoms with van der Waals surface area (Å²) in [4.78, 5) is 0. The molecule has 2 fully saturated rings. The van der Waals surface area contributed by atoms with Crippen LogP contribution >= 0.6 is 0 Å². The molecule has 0 heterocycles. The first-order valence-electron chi connectivity index (χ1n) is 7.08. The molecular weight excluding hydrogens is 196 g/mol. The van der Waals surface area contributed by atoms with Crippen molar-refractivity contribution in [3.8, 4) is 0 Å². The molecule has 94 valence electrons. The summed E-state index contributed by atoms with van der Waals surface area (Å²) in [5, 5.41) is 7.66. The summed E-state index contributed by atoms with van der Waals surface area (Å²) < 4.78 is 0. The molecule has 16 heavy (non-hydrogen) atoms. The Morgan fingerprint density at radius 1 is 0.812 bits per heavy atom. The maximum absolute atomic E-state index is 3.87. The summed E-state index contributed by atoms with van der Waals surface area (Å²) in [6.45, 7) is 6.84. The Morgan fingerprint density at radius 3 is 1.94 bits per heavy atom. The molecule has 2 nitrogen and oxygen atoms in total. The molecule has 0 aromatic rings. The highest BCUT2D eigenvalue weighted by Crippen LogP contribution is 2.25. The average Bonchev–Trinajstić information content (AvgIpc) is 2.11. The lowest BCUT2D eigenvalue weighted by Crippen LogP contribution is -2.58. The third-order valence-corrected chi connectivity index (χ3v) is 3.94. The second kappa shape index (κ2) is 5.05. The number of nitrogens with one attached hydrogen (secondary N) is 2. The Labute approximate surface area is 101 Å². The quantitative estimate of drug-likeness (QED) is 0.770. The van der Waals surface area contributed by atoms with E-state index in [2.05, 4.69) is 31.4 Å². The van der Waals surface area contributed by atoms with Crippen LogP contribution in [0.3, 0.4) is 0 Å². The molecule has 2 heteroatoms. The van der Waals surface area contributed by atoms with Crippen molar-refractivity contribution in [1.29, 1.82) is 0 Å². The fourth-order valence-electron chi connectivity index (χ4n) is 2.94. The van der Waals surface area contributed by atoms with Gasteiger partial charge in [0.1, 0.15) is 0 Å². The van der Waals surface area contributed by atoms with Crippen molar-refractivity contribution < 1.29 is 0 Å². The molecule has 0 amide bonds. The molecule has 2 atom stereocenters. The van der Waals surface area contributed by atoms with E-state index >= 15 is 0 Å². The van der Waals surface area contributed by atoms with Crippen molar-refractivity contribution >= 4 is 0 Å². The van der Waals surface area contributed by atoms with E-state index in [-0.39, 0.29) is 5.54 Å². The Balaban J connectivity index is 1.85. The largest absolute Gasteiger partial charge is 0.310 e. The van der Waals surface area contributed by atoms with E-state index < -0.39 is 0 Å². The number of hydrogen-bond acceptors (Lipinski definition) is 2. The monoisotopic (exact) mass is 224 g/mol. The summed E-state index contributed by atoms with van der Waals surface area (Å²) in [6, 6.07) is 2.24. The summed E-state index contributed by atoms with van der Waals surface area (Å²) in [5.41, 5.74) is 0.252. The minimum atomic E-state index is 0.252. The highest BCUT2D eigenvalue weighted by atomic mass is 15.1. The van der Waals surface area contributed by atoms with Gasteiger partial charge in [0.15, 0.2) is 0 Å². The smallest absolute Gasteiger partial charge is 0.0226 e. The van der Waals surface area contributed by atoms with Gasteiger partial charge in [-0.1, -0.05) is 19.3 Å². The van der Waals surface area contributed by atoms with E-state index in [1.165, 1.54) is 44.9 Å². The normalized spacial score (nSPS) is 32.4. The lowest BCUT2D eigenvalue weighted by Gasteiger charge is -2.41. The fraction of sp³-hybridized carbons (Fsp3) is 1.00. The van der Waals surface area contributed by atoms with E-state index in [0.717, 1.165) is 12.1 Å². The van der Waals surface area contributed by atoms with Gasteiger partial charge in [0.05, 0.1) is 0 Å². The predicted octanol–water partition coefficient (Wildman–Crippen LogP) is 2.83. The predicted molar refractivity (Wildman–Crippen MR) is 69.7 cm³/mol. The molecule has 2 N–H and O–H groups in total. The van der Waals surface area contributed by atoms with Crippen LogP contribution in [0.4, 0.5) is 0 Å². The van der Waals surface area contributed by atoms with Crippen molar-refractivity contribution in [2.45, 2.75) is 89.4 Å². The van der Waals surface area contributed by atoms with Crippen LogP contribution < -0.4 is 10.6 Å². The maximum Gasteiger partial charge on any atom is 0.0226 e. The Morgan fingerprint density at radius 2 is 1.44 bits per heavy atom. The van der Waals surface area contributed by atoms with E-state index in [9.17, 15) is 0 Å². The highest BCUT2D eigenvalue weighted by Gasteiger charge is 2.30. The van der Waals surface area contributed by atoms with Gasteiger partial charge in [-0.3, -0.25) is 0 Å². The molecule has 0 aliphatic heterocycles. The maximum atomic E-state index is 3.87. The first-order valence-corrected chi connectivity index (χ1v) is 7.08. The Bertz CT molecular complexity index is 215. The van der Waals surface area contributed by atoms with Gasteiger partial charge in [0, 0.05) is 23.7 Å². The van der Waals surface area contributed by atoms with Crippen LogP contribution in [0.5, 0.6) is 0 Å². The van der Waals surface area contributed by atoms with Gasteiger partial charge in [-0.2, -0.15) is 0 Å². The van der Waals surface area contributed by atoms with Gasteiger partial charge in [0.2, 0.25) is 0 Å². The third-order valence-electron chi connectivity index (χ3n) is 3.94. The van der Waals surface area contributed by atoms with E-state index in [4.69, 9.17) is 0 Å². The average molecular weight is 224 g/mol. The molecule has 0 radical (unpaired) electrons. The third kappa shape index (κ3) is 3.46. The lowest BCUT2D eigenvalue weighted by molar-refractivity contribution is 0.199. The van der Waals surface area contributed by atoms with Crippen LogP contribution in [-0.4, -0.2) is 23.7 Å². The number of rotatable bonds is 3. The van der Waals surface area contributed by atoms with Crippen LogP contribution in [-0.2, 0) is 0 Å². The Kier molecular flexibility index (Phi) is 3.91. The summed E-state index contributed by atoms with van der Waals surface area (Å²) in [5.74, 6) is 0. The van der Waals surface area contributed by atoms with Crippen molar-refractivity contribution in [2.24, 2.45) is 0 Å². The summed E-state index contributed by atoms with van der Waals surface area (Å²) in [7, 11) is 0. The molecular formula is C14H28N2. The molecule has 2 rings (SSSR count). The van der Waals surface area contributed by atoms with Crippen LogP contribution in [0.25, 0.3) is 0 Å². The number of hydrogen-bond donors (Lipinski definition) is 2.